The predicted octanol–water partition coefficient (Wildman–Crippen LogP) is 3.31. The first kappa shape index (κ1) is 16.2. The van der Waals surface area contributed by atoms with Crippen LogP contribution in [0.5, 0.6) is 0 Å². The maximum Gasteiger partial charge on any atom is 0.357 e. The number of aromatic nitrogens is 1. The van der Waals surface area contributed by atoms with Gasteiger partial charge in [-0.1, -0.05) is 48.5 Å². The molecule has 0 fully saturated rings. The van der Waals surface area contributed by atoms with E-state index < -0.39 is 16.0 Å². The Labute approximate surface area is 142 Å². The third-order valence-corrected chi connectivity index (χ3v) is 5.54. The fraction of sp³-hybridized carbons (Fsp3) is 0. The van der Waals surface area contributed by atoms with Gasteiger partial charge in [-0.05, 0) is 11.6 Å². The molecule has 0 spiro atoms. The molecule has 6 nitrogen and oxygen atoms in total. The highest BCUT2D eigenvalue weighted by molar-refractivity contribution is 7.93. The Hall–Kier alpha value is -2.71. The molecule has 0 amide bonds. The standard InChI is InChI=1S/C16H12N2O4S2/c19-16(20)14-15(23-10-17-14)18-24(21,22)13-9-5-4-8-12(13)11-6-2-1-3-7-11/h1-10,18H,(H,19,20). The molecule has 0 aliphatic carbocycles. The number of benzene rings is 2. The van der Waals surface area contributed by atoms with Crippen LogP contribution in [0.3, 0.4) is 0 Å². The Bertz CT molecular complexity index is 982. The smallest absolute Gasteiger partial charge is 0.357 e. The highest BCUT2D eigenvalue weighted by atomic mass is 32.2. The van der Waals surface area contributed by atoms with Gasteiger partial charge in [-0.15, -0.1) is 11.3 Å². The summed E-state index contributed by atoms with van der Waals surface area (Å²) >= 11 is 0.919. The third-order valence-electron chi connectivity index (χ3n) is 3.26. The van der Waals surface area contributed by atoms with E-state index in [0.717, 1.165) is 16.9 Å². The molecule has 3 aromatic rings. The summed E-state index contributed by atoms with van der Waals surface area (Å²) in [4.78, 5) is 14.8. The SMILES string of the molecule is O=C(O)c1ncsc1NS(=O)(=O)c1ccccc1-c1ccccc1. The molecule has 1 aromatic heterocycles. The predicted molar refractivity (Wildman–Crippen MR) is 91.8 cm³/mol. The van der Waals surface area contributed by atoms with Crippen LogP contribution < -0.4 is 4.72 Å². The van der Waals surface area contributed by atoms with Crippen LogP contribution in [-0.2, 0) is 10.0 Å². The lowest BCUT2D eigenvalue weighted by Crippen LogP contribution is -2.15. The van der Waals surface area contributed by atoms with Gasteiger partial charge < -0.3 is 5.11 Å². The monoisotopic (exact) mass is 360 g/mol. The second kappa shape index (κ2) is 6.42. The first-order chi connectivity index (χ1) is 11.5. The summed E-state index contributed by atoms with van der Waals surface area (Å²) in [6, 6.07) is 15.6. The number of nitrogens with zero attached hydrogens (tertiary/aromatic N) is 1. The minimum Gasteiger partial charge on any atom is -0.476 e. The average molecular weight is 360 g/mol. The van der Waals surface area contributed by atoms with Crippen LogP contribution >= 0.6 is 11.3 Å². The molecule has 0 aliphatic rings. The van der Waals surface area contributed by atoms with Crippen molar-refractivity contribution in [1.29, 1.82) is 0 Å². The molecule has 0 aliphatic heterocycles. The largest absolute Gasteiger partial charge is 0.476 e. The summed E-state index contributed by atoms with van der Waals surface area (Å²) < 4.78 is 27.8. The molecule has 8 heteroatoms. The van der Waals surface area contributed by atoms with Crippen molar-refractivity contribution >= 4 is 32.3 Å². The first-order valence-electron chi connectivity index (χ1n) is 6.83. The number of nitrogens with one attached hydrogen (secondary N) is 1. The number of carboxylic acid groups (broad SMARTS) is 1. The molecule has 122 valence electrons. The number of hydrogen-bond acceptors (Lipinski definition) is 5. The summed E-state index contributed by atoms with van der Waals surface area (Å²) in [7, 11) is -3.96. The number of carboxylic acids is 1. The van der Waals surface area contributed by atoms with E-state index in [2.05, 4.69) is 9.71 Å². The summed E-state index contributed by atoms with van der Waals surface area (Å²) in [5.74, 6) is -1.29. The molecule has 0 unspecified atom stereocenters. The van der Waals surface area contributed by atoms with Crippen LogP contribution in [0, 0.1) is 0 Å². The normalized spacial score (nSPS) is 11.2. The van der Waals surface area contributed by atoms with Crippen LogP contribution in [0.1, 0.15) is 10.5 Å². The van der Waals surface area contributed by atoms with E-state index in [0.29, 0.717) is 5.56 Å². The Balaban J connectivity index is 2.05. The lowest BCUT2D eigenvalue weighted by Gasteiger charge is -2.11. The minimum absolute atomic E-state index is 0.0228. The second-order valence-electron chi connectivity index (χ2n) is 4.80. The molecular weight excluding hydrogens is 348 g/mol. The van der Waals surface area contributed by atoms with Gasteiger partial charge in [0.05, 0.1) is 10.4 Å². The Morgan fingerprint density at radius 3 is 2.42 bits per heavy atom. The molecule has 3 rings (SSSR count). The number of sulfonamides is 1. The van der Waals surface area contributed by atoms with E-state index in [-0.39, 0.29) is 15.6 Å². The number of aromatic carboxylic acids is 1. The summed E-state index contributed by atoms with van der Waals surface area (Å²) in [6.07, 6.45) is 0. The van der Waals surface area contributed by atoms with Crippen LogP contribution in [0.4, 0.5) is 5.00 Å². The van der Waals surface area contributed by atoms with Crippen LogP contribution in [0.15, 0.2) is 65.0 Å². The van der Waals surface area contributed by atoms with Crippen molar-refractivity contribution in [2.75, 3.05) is 4.72 Å². The number of carbonyl (C=O) groups is 1. The fourth-order valence-electron chi connectivity index (χ4n) is 2.21. The van der Waals surface area contributed by atoms with Gasteiger partial charge in [0.1, 0.15) is 5.00 Å². The van der Waals surface area contributed by atoms with Crippen molar-refractivity contribution in [2.24, 2.45) is 0 Å². The highest BCUT2D eigenvalue weighted by Gasteiger charge is 2.23. The van der Waals surface area contributed by atoms with Gasteiger partial charge in [-0.25, -0.2) is 18.2 Å². The van der Waals surface area contributed by atoms with E-state index in [1.165, 1.54) is 11.6 Å². The zero-order valence-electron chi connectivity index (χ0n) is 12.2. The van der Waals surface area contributed by atoms with Gasteiger partial charge >= 0.3 is 5.97 Å². The fourth-order valence-corrected chi connectivity index (χ4v) is 4.43. The van der Waals surface area contributed by atoms with E-state index in [9.17, 15) is 13.2 Å². The van der Waals surface area contributed by atoms with Gasteiger partial charge in [-0.3, -0.25) is 4.72 Å². The lowest BCUT2D eigenvalue weighted by molar-refractivity contribution is 0.0692. The number of rotatable bonds is 5. The summed E-state index contributed by atoms with van der Waals surface area (Å²) in [6.45, 7) is 0. The van der Waals surface area contributed by atoms with Gasteiger partial charge in [-0.2, -0.15) is 0 Å². The van der Waals surface area contributed by atoms with E-state index >= 15 is 0 Å². The van der Waals surface area contributed by atoms with Gasteiger partial charge in [0, 0.05) is 5.56 Å². The molecule has 1 heterocycles. The molecule has 0 radical (unpaired) electrons. The molecule has 2 aromatic carbocycles. The molecule has 0 saturated heterocycles. The van der Waals surface area contributed by atoms with Crippen LogP contribution in [-0.4, -0.2) is 24.5 Å². The van der Waals surface area contributed by atoms with Gasteiger partial charge in [0.15, 0.2) is 5.69 Å². The van der Waals surface area contributed by atoms with E-state index in [1.807, 2.05) is 30.3 Å². The van der Waals surface area contributed by atoms with Crippen molar-refractivity contribution in [1.82, 2.24) is 4.98 Å². The third kappa shape index (κ3) is 3.15. The number of thiazole rings is 1. The minimum atomic E-state index is -3.96. The topological polar surface area (TPSA) is 96.4 Å². The molecule has 0 atom stereocenters. The lowest BCUT2D eigenvalue weighted by atomic mass is 10.1. The summed E-state index contributed by atoms with van der Waals surface area (Å²) in [5, 5.41) is 9.04. The quantitative estimate of drug-likeness (QED) is 0.728. The molecular formula is C16H12N2O4S2. The van der Waals surface area contributed by atoms with Crippen LogP contribution in [0.25, 0.3) is 11.1 Å². The molecule has 24 heavy (non-hydrogen) atoms. The number of anilines is 1. The van der Waals surface area contributed by atoms with Crippen molar-refractivity contribution in [2.45, 2.75) is 4.90 Å². The van der Waals surface area contributed by atoms with Gasteiger partial charge in [0.2, 0.25) is 0 Å². The summed E-state index contributed by atoms with van der Waals surface area (Å²) in [5.41, 5.74) is 2.25. The zero-order chi connectivity index (χ0) is 17.2. The maximum atomic E-state index is 12.7. The Morgan fingerprint density at radius 2 is 1.71 bits per heavy atom. The molecule has 0 saturated carbocycles. The van der Waals surface area contributed by atoms with Gasteiger partial charge in [0.25, 0.3) is 10.0 Å². The maximum absolute atomic E-state index is 12.7. The van der Waals surface area contributed by atoms with Crippen LogP contribution in [0.2, 0.25) is 0 Å². The van der Waals surface area contributed by atoms with Crippen molar-refractivity contribution in [3.63, 3.8) is 0 Å². The van der Waals surface area contributed by atoms with Crippen molar-refractivity contribution in [3.05, 3.63) is 65.8 Å². The molecule has 0 bridgehead atoms. The van der Waals surface area contributed by atoms with E-state index in [4.69, 9.17) is 5.11 Å². The highest BCUT2D eigenvalue weighted by Crippen LogP contribution is 2.30. The number of hydrogen-bond donors (Lipinski definition) is 2. The van der Waals surface area contributed by atoms with Crippen molar-refractivity contribution < 1.29 is 18.3 Å². The average Bonchev–Trinajstić information content (AvgIpc) is 3.03. The zero-order valence-corrected chi connectivity index (χ0v) is 13.8. The Morgan fingerprint density at radius 1 is 1.04 bits per heavy atom. The van der Waals surface area contributed by atoms with Crippen molar-refractivity contribution in [3.8, 4) is 11.1 Å². The second-order valence-corrected chi connectivity index (χ2v) is 7.31. The first-order valence-corrected chi connectivity index (χ1v) is 9.19. The van der Waals surface area contributed by atoms with E-state index in [1.54, 1.807) is 18.2 Å². The Kier molecular flexibility index (Phi) is 4.32. The molecule has 2 N–H and O–H groups in total.